The van der Waals surface area contributed by atoms with Crippen LogP contribution in [0.2, 0.25) is 0 Å². The molecule has 2 aliphatic carbocycles. The average molecular weight is 611 g/mol. The van der Waals surface area contributed by atoms with Crippen LogP contribution in [0.25, 0.3) is 0 Å². The lowest BCUT2D eigenvalue weighted by Crippen LogP contribution is -2.38. The highest BCUT2D eigenvalue weighted by Gasteiger charge is 2.45. The van der Waals surface area contributed by atoms with Crippen molar-refractivity contribution in [2.45, 2.75) is 89.0 Å². The van der Waals surface area contributed by atoms with Crippen molar-refractivity contribution in [2.75, 3.05) is 0 Å². The zero-order valence-corrected chi connectivity index (χ0v) is 22.8. The Morgan fingerprint density at radius 3 is 2.00 bits per heavy atom. The first-order chi connectivity index (χ1) is 19.8. The van der Waals surface area contributed by atoms with Gasteiger partial charge in [0.15, 0.2) is 23.6 Å². The van der Waals surface area contributed by atoms with Crippen molar-refractivity contribution in [3.05, 3.63) is 71.3 Å². The van der Waals surface area contributed by atoms with Gasteiger partial charge in [0.2, 0.25) is 0 Å². The number of benzene rings is 2. The molecule has 0 atom stereocenters. The highest BCUT2D eigenvalue weighted by Crippen LogP contribution is 2.44. The molecule has 2 aromatic rings. The molecular formula is C30H31F9O3. The minimum Gasteiger partial charge on any atom is -0.453 e. The fourth-order valence-electron chi connectivity index (χ4n) is 5.78. The summed E-state index contributed by atoms with van der Waals surface area (Å²) in [6.07, 6.45) is -6.14. The maximum Gasteiger partial charge on any atom is 0.429 e. The molecule has 0 saturated heterocycles. The van der Waals surface area contributed by atoms with Gasteiger partial charge in [0, 0.05) is 12.1 Å². The van der Waals surface area contributed by atoms with Gasteiger partial charge in [-0.1, -0.05) is 19.4 Å². The Morgan fingerprint density at radius 1 is 0.833 bits per heavy atom. The van der Waals surface area contributed by atoms with Gasteiger partial charge in [-0.25, -0.2) is 13.2 Å². The second-order valence-electron chi connectivity index (χ2n) is 10.9. The molecule has 232 valence electrons. The van der Waals surface area contributed by atoms with E-state index in [1.54, 1.807) is 0 Å². The topological polar surface area (TPSA) is 27.7 Å². The molecule has 0 radical (unpaired) electrons. The first-order valence-electron chi connectivity index (χ1n) is 13.9. The van der Waals surface area contributed by atoms with Crippen molar-refractivity contribution in [1.82, 2.24) is 0 Å². The van der Waals surface area contributed by atoms with Gasteiger partial charge in [-0.2, -0.15) is 26.3 Å². The molecule has 4 rings (SSSR count). The maximum atomic E-state index is 14.8. The lowest BCUT2D eigenvalue weighted by molar-refractivity contribution is -0.301. The minimum absolute atomic E-state index is 0.235. The Kier molecular flexibility index (Phi) is 10.1. The van der Waals surface area contributed by atoms with Crippen molar-refractivity contribution >= 4 is 0 Å². The predicted octanol–water partition coefficient (Wildman–Crippen LogP) is 10.2. The Labute approximate surface area is 237 Å². The molecule has 0 aliphatic heterocycles. The van der Waals surface area contributed by atoms with E-state index in [0.717, 1.165) is 31.4 Å². The van der Waals surface area contributed by atoms with Crippen LogP contribution < -0.4 is 9.47 Å². The van der Waals surface area contributed by atoms with Crippen LogP contribution in [0.15, 0.2) is 42.7 Å². The third kappa shape index (κ3) is 7.73. The lowest BCUT2D eigenvalue weighted by Gasteiger charge is -2.37. The van der Waals surface area contributed by atoms with E-state index in [2.05, 4.69) is 16.4 Å². The van der Waals surface area contributed by atoms with Crippen LogP contribution in [0.1, 0.15) is 81.8 Å². The van der Waals surface area contributed by atoms with Gasteiger partial charge >= 0.3 is 18.3 Å². The van der Waals surface area contributed by atoms with E-state index in [4.69, 9.17) is 4.74 Å². The Bertz CT molecular complexity index is 1220. The molecule has 2 saturated carbocycles. The molecule has 42 heavy (non-hydrogen) atoms. The van der Waals surface area contributed by atoms with Crippen LogP contribution in [0, 0.1) is 29.3 Å². The molecule has 0 spiro atoms. The number of alkyl halides is 4. The summed E-state index contributed by atoms with van der Waals surface area (Å²) in [6, 6.07) is 3.51. The molecule has 0 bridgehead atoms. The predicted molar refractivity (Wildman–Crippen MR) is 135 cm³/mol. The van der Waals surface area contributed by atoms with Crippen molar-refractivity contribution in [1.29, 1.82) is 0 Å². The number of halogens is 9. The van der Waals surface area contributed by atoms with Crippen LogP contribution in [-0.4, -0.2) is 12.2 Å². The summed E-state index contributed by atoms with van der Waals surface area (Å²) in [4.78, 5) is 0. The average Bonchev–Trinajstić information content (AvgIpc) is 2.92. The van der Waals surface area contributed by atoms with Crippen molar-refractivity contribution < 1.29 is 53.7 Å². The molecular weight excluding hydrogens is 579 g/mol. The third-order valence-electron chi connectivity index (χ3n) is 8.16. The number of hydrogen-bond acceptors (Lipinski definition) is 3. The molecule has 12 heteroatoms. The molecule has 2 fully saturated rings. The summed E-state index contributed by atoms with van der Waals surface area (Å²) >= 11 is 0. The van der Waals surface area contributed by atoms with Gasteiger partial charge in [-0.3, -0.25) is 0 Å². The van der Waals surface area contributed by atoms with Crippen molar-refractivity contribution in [3.8, 4) is 11.5 Å². The van der Waals surface area contributed by atoms with E-state index in [-0.39, 0.29) is 24.3 Å². The van der Waals surface area contributed by atoms with E-state index < -0.39 is 64.8 Å². The fourth-order valence-corrected chi connectivity index (χ4v) is 5.78. The largest absolute Gasteiger partial charge is 0.453 e. The van der Waals surface area contributed by atoms with E-state index >= 15 is 0 Å². The van der Waals surface area contributed by atoms with Crippen LogP contribution in [0.3, 0.4) is 0 Å². The van der Waals surface area contributed by atoms with E-state index in [1.165, 1.54) is 6.07 Å². The van der Waals surface area contributed by atoms with Gasteiger partial charge in [0.1, 0.15) is 11.6 Å². The second-order valence-corrected chi connectivity index (χ2v) is 10.9. The van der Waals surface area contributed by atoms with Crippen molar-refractivity contribution in [3.63, 3.8) is 0 Å². The number of ether oxygens (including phenoxy) is 3. The van der Waals surface area contributed by atoms with Gasteiger partial charge in [-0.15, -0.1) is 0 Å². The molecule has 2 aromatic carbocycles. The normalized spacial score (nSPS) is 23.4. The summed E-state index contributed by atoms with van der Waals surface area (Å²) in [5, 5.41) is 0. The summed E-state index contributed by atoms with van der Waals surface area (Å²) in [6.45, 7) is 2.06. The first-order valence-corrected chi connectivity index (χ1v) is 13.9. The monoisotopic (exact) mass is 610 g/mol. The standard InChI is InChI=1S/C30H31F9O3/c1-2-17-3-8-20(9-4-17)29(36,37)41-21-10-5-18(6-11-21)19-7-12-23(24(31)13-19)30(38,39)42-22-14-25(32)28(26(33)15-22)40-16-27(34)35/h7,12-18,20-21H,2-6,8-11H2,1H3. The summed E-state index contributed by atoms with van der Waals surface area (Å²) in [5.74, 6) is -7.45. The van der Waals surface area contributed by atoms with Crippen LogP contribution in [-0.2, 0) is 10.8 Å². The summed E-state index contributed by atoms with van der Waals surface area (Å²) in [5.41, 5.74) is -0.814. The van der Waals surface area contributed by atoms with Crippen LogP contribution in [0.5, 0.6) is 11.5 Å². The van der Waals surface area contributed by atoms with Gasteiger partial charge in [0.05, 0.1) is 17.6 Å². The second kappa shape index (κ2) is 13.2. The van der Waals surface area contributed by atoms with Crippen LogP contribution in [0.4, 0.5) is 39.5 Å². The smallest absolute Gasteiger partial charge is 0.429 e. The molecule has 0 aromatic heterocycles. The zero-order chi connectivity index (χ0) is 30.7. The highest BCUT2D eigenvalue weighted by molar-refractivity contribution is 5.36. The summed E-state index contributed by atoms with van der Waals surface area (Å²) in [7, 11) is 0. The zero-order valence-electron chi connectivity index (χ0n) is 22.8. The van der Waals surface area contributed by atoms with E-state index in [0.29, 0.717) is 50.0 Å². The molecule has 2 aliphatic rings. The summed E-state index contributed by atoms with van der Waals surface area (Å²) < 4.78 is 140. The third-order valence-corrected chi connectivity index (χ3v) is 8.16. The number of hydrogen-bond donors (Lipinski definition) is 0. The number of rotatable bonds is 10. The van der Waals surface area contributed by atoms with Crippen LogP contribution >= 0.6 is 0 Å². The minimum atomic E-state index is -4.36. The van der Waals surface area contributed by atoms with Gasteiger partial charge in [-0.05, 0) is 80.9 Å². The molecule has 0 N–H and O–H groups in total. The van der Waals surface area contributed by atoms with E-state index in [9.17, 15) is 39.5 Å². The lowest BCUT2D eigenvalue weighted by atomic mass is 9.80. The Balaban J connectivity index is 1.36. The molecule has 0 unspecified atom stereocenters. The molecule has 3 nitrogen and oxygen atoms in total. The Morgan fingerprint density at radius 2 is 1.45 bits per heavy atom. The van der Waals surface area contributed by atoms with Gasteiger partial charge < -0.3 is 14.2 Å². The highest BCUT2D eigenvalue weighted by atomic mass is 19.3. The SMILES string of the molecule is CCC1CCC(C(F)(F)OC2CCC(c3ccc(C(F)(F)Oc4cc(F)c(OC=C(F)F)c(F)c4)c(F)c3)CC2)CC1. The molecule has 0 amide bonds. The fraction of sp³-hybridized carbons (Fsp3) is 0.533. The first kappa shape index (κ1) is 32.0. The van der Waals surface area contributed by atoms with Crippen molar-refractivity contribution in [2.24, 2.45) is 11.8 Å². The maximum absolute atomic E-state index is 14.8. The van der Waals surface area contributed by atoms with E-state index in [1.807, 2.05) is 0 Å². The molecule has 0 heterocycles. The quantitative estimate of drug-likeness (QED) is 0.198. The van der Waals surface area contributed by atoms with Gasteiger partial charge in [0.25, 0.3) is 0 Å². The Hall–Kier alpha value is -2.89.